The van der Waals surface area contributed by atoms with Gasteiger partial charge in [0.2, 0.25) is 0 Å². The van der Waals surface area contributed by atoms with Gasteiger partial charge < -0.3 is 14.0 Å². The fourth-order valence-electron chi connectivity index (χ4n) is 3.62. The molecule has 0 aliphatic rings. The van der Waals surface area contributed by atoms with E-state index in [9.17, 15) is 5.26 Å². The molecule has 3 aromatic carbocycles. The lowest BCUT2D eigenvalue weighted by Crippen LogP contribution is -2.05. The number of ether oxygens (including phenoxy) is 2. The number of hydrogen-bond donors (Lipinski definition) is 0. The minimum atomic E-state index is 0.409. The Labute approximate surface area is 198 Å². The Kier molecular flexibility index (Phi) is 7.41. The first kappa shape index (κ1) is 22.6. The van der Waals surface area contributed by atoms with Crippen LogP contribution in [0.1, 0.15) is 29.3 Å². The van der Waals surface area contributed by atoms with Crippen LogP contribution in [0.4, 0.5) is 0 Å². The van der Waals surface area contributed by atoms with Crippen LogP contribution in [0.25, 0.3) is 11.1 Å². The summed E-state index contributed by atoms with van der Waals surface area (Å²) < 4.78 is 13.8. The van der Waals surface area contributed by atoms with Crippen LogP contribution in [0, 0.1) is 11.3 Å². The fraction of sp³-hybridized carbons (Fsp3) is 0.185. The van der Waals surface area contributed by atoms with Crippen molar-refractivity contribution in [2.24, 2.45) is 0 Å². The summed E-state index contributed by atoms with van der Waals surface area (Å²) in [6.45, 7) is 4.08. The van der Waals surface area contributed by atoms with Gasteiger partial charge in [-0.3, -0.25) is 0 Å². The average Bonchev–Trinajstić information content (AvgIpc) is 3.28. The van der Waals surface area contributed by atoms with E-state index in [2.05, 4.69) is 15.6 Å². The molecule has 0 saturated heterocycles. The molecule has 1 aromatic heterocycles. The van der Waals surface area contributed by atoms with Gasteiger partial charge in [-0.2, -0.15) is 5.26 Å². The maximum atomic E-state index is 9.38. The summed E-state index contributed by atoms with van der Waals surface area (Å²) in [5, 5.41) is 10.1. The third-order valence-electron chi connectivity index (χ3n) is 5.27. The molecule has 5 nitrogen and oxygen atoms in total. The van der Waals surface area contributed by atoms with E-state index in [-0.39, 0.29) is 0 Å². The summed E-state index contributed by atoms with van der Waals surface area (Å²) in [4.78, 5) is 4.28. The van der Waals surface area contributed by atoms with Crippen molar-refractivity contribution in [1.29, 1.82) is 5.26 Å². The Bertz CT molecular complexity index is 1260. The molecule has 0 saturated carbocycles. The Morgan fingerprint density at radius 2 is 1.88 bits per heavy atom. The normalized spacial score (nSPS) is 10.7. The molecule has 0 N–H and O–H groups in total. The molecule has 0 aliphatic carbocycles. The third-order valence-corrected chi connectivity index (χ3v) is 5.52. The Morgan fingerprint density at radius 3 is 2.67 bits per heavy atom. The van der Waals surface area contributed by atoms with Crippen LogP contribution in [0.2, 0.25) is 5.02 Å². The molecule has 6 heteroatoms. The first-order valence-electron chi connectivity index (χ1n) is 10.7. The number of aromatic nitrogens is 2. The maximum Gasteiger partial charge on any atom is 0.119 e. The number of halogens is 1. The predicted octanol–water partition coefficient (Wildman–Crippen LogP) is 6.24. The SMILES string of the molecule is CCOc1cccc(-c2cc(C#N)ccc2COCc2cncn2Cc2ccc(Cl)cc2)c1. The zero-order valence-corrected chi connectivity index (χ0v) is 19.1. The van der Waals surface area contributed by atoms with Crippen LogP contribution >= 0.6 is 11.6 Å². The third kappa shape index (κ3) is 5.81. The molecule has 4 aromatic rings. The highest BCUT2D eigenvalue weighted by Crippen LogP contribution is 2.29. The molecular weight excluding hydrogens is 434 g/mol. The van der Waals surface area contributed by atoms with Crippen molar-refractivity contribution in [2.45, 2.75) is 26.7 Å². The molecule has 0 amide bonds. The van der Waals surface area contributed by atoms with Crippen LogP contribution in [-0.2, 0) is 24.5 Å². The second-order valence-electron chi connectivity index (χ2n) is 7.58. The van der Waals surface area contributed by atoms with Gasteiger partial charge >= 0.3 is 0 Å². The lowest BCUT2D eigenvalue weighted by molar-refractivity contribution is 0.103. The van der Waals surface area contributed by atoms with Gasteiger partial charge in [-0.1, -0.05) is 41.9 Å². The summed E-state index contributed by atoms with van der Waals surface area (Å²) in [6, 6.07) is 23.6. The van der Waals surface area contributed by atoms with Crippen molar-refractivity contribution in [3.8, 4) is 22.9 Å². The quantitative estimate of drug-likeness (QED) is 0.298. The topological polar surface area (TPSA) is 60.1 Å². The van der Waals surface area contributed by atoms with Crippen LogP contribution in [-0.4, -0.2) is 16.2 Å². The van der Waals surface area contributed by atoms with Gasteiger partial charge in [0.15, 0.2) is 0 Å². The highest BCUT2D eigenvalue weighted by Gasteiger charge is 2.10. The van der Waals surface area contributed by atoms with Crippen molar-refractivity contribution in [3.63, 3.8) is 0 Å². The standard InChI is InChI=1S/C27H24ClN3O2/c1-2-33-26-5-3-4-22(13-26)27-12-21(14-29)6-9-23(27)17-32-18-25-15-30-19-31(25)16-20-7-10-24(28)11-8-20/h3-13,15,19H,2,16-18H2,1H3. The van der Waals surface area contributed by atoms with Crippen molar-refractivity contribution in [3.05, 3.63) is 107 Å². The number of nitrogens with zero attached hydrogens (tertiary/aromatic N) is 3. The highest BCUT2D eigenvalue weighted by molar-refractivity contribution is 6.30. The van der Waals surface area contributed by atoms with Gasteiger partial charge in [-0.15, -0.1) is 0 Å². The number of imidazole rings is 1. The molecule has 0 unspecified atom stereocenters. The second kappa shape index (κ2) is 10.8. The average molecular weight is 458 g/mol. The first-order chi connectivity index (χ1) is 16.2. The maximum absolute atomic E-state index is 9.38. The first-order valence-corrected chi connectivity index (χ1v) is 11.1. The molecule has 166 valence electrons. The molecule has 0 spiro atoms. The highest BCUT2D eigenvalue weighted by atomic mass is 35.5. The molecule has 0 aliphatic heterocycles. The summed E-state index contributed by atoms with van der Waals surface area (Å²) in [6.07, 6.45) is 3.63. The molecule has 0 bridgehead atoms. The van der Waals surface area contributed by atoms with Gasteiger partial charge in [-0.05, 0) is 65.6 Å². The van der Waals surface area contributed by atoms with E-state index in [1.807, 2.05) is 79.9 Å². The van der Waals surface area contributed by atoms with Gasteiger partial charge in [-0.25, -0.2) is 4.98 Å². The van der Waals surface area contributed by atoms with E-state index in [1.165, 1.54) is 0 Å². The van der Waals surface area contributed by atoms with Crippen molar-refractivity contribution in [1.82, 2.24) is 9.55 Å². The van der Waals surface area contributed by atoms with Gasteiger partial charge in [0, 0.05) is 11.6 Å². The van der Waals surface area contributed by atoms with Crippen molar-refractivity contribution >= 4 is 11.6 Å². The smallest absolute Gasteiger partial charge is 0.119 e. The van der Waals surface area contributed by atoms with E-state index in [1.54, 1.807) is 6.33 Å². The van der Waals surface area contributed by atoms with Gasteiger partial charge in [0.1, 0.15) is 5.75 Å². The van der Waals surface area contributed by atoms with E-state index < -0.39 is 0 Å². The molecule has 1 heterocycles. The Hall–Kier alpha value is -3.59. The van der Waals surface area contributed by atoms with Gasteiger partial charge in [0.05, 0.1) is 49.7 Å². The lowest BCUT2D eigenvalue weighted by atomic mass is 9.97. The summed E-state index contributed by atoms with van der Waals surface area (Å²) in [7, 11) is 0. The zero-order valence-electron chi connectivity index (χ0n) is 18.4. The van der Waals surface area contributed by atoms with E-state index in [0.29, 0.717) is 31.9 Å². The number of nitriles is 1. The zero-order chi connectivity index (χ0) is 23.0. The number of hydrogen-bond acceptors (Lipinski definition) is 4. The number of rotatable bonds is 9. The minimum absolute atomic E-state index is 0.409. The monoisotopic (exact) mass is 457 g/mol. The Balaban J connectivity index is 1.48. The van der Waals surface area contributed by atoms with Crippen LogP contribution in [0.5, 0.6) is 5.75 Å². The summed E-state index contributed by atoms with van der Waals surface area (Å²) in [5.41, 5.74) is 5.69. The fourth-order valence-corrected chi connectivity index (χ4v) is 3.75. The van der Waals surface area contributed by atoms with Crippen molar-refractivity contribution in [2.75, 3.05) is 6.61 Å². The summed E-state index contributed by atoms with van der Waals surface area (Å²) >= 11 is 5.99. The molecule has 4 rings (SSSR count). The van der Waals surface area contributed by atoms with Crippen molar-refractivity contribution < 1.29 is 9.47 Å². The largest absolute Gasteiger partial charge is 0.494 e. The predicted molar refractivity (Wildman–Crippen MR) is 129 cm³/mol. The Morgan fingerprint density at radius 1 is 1.03 bits per heavy atom. The molecule has 33 heavy (non-hydrogen) atoms. The van der Waals surface area contributed by atoms with Crippen LogP contribution < -0.4 is 4.74 Å². The minimum Gasteiger partial charge on any atom is -0.494 e. The van der Waals surface area contributed by atoms with Crippen LogP contribution in [0.3, 0.4) is 0 Å². The summed E-state index contributed by atoms with van der Waals surface area (Å²) in [5.74, 6) is 0.801. The molecule has 0 fully saturated rings. The van der Waals surface area contributed by atoms with Gasteiger partial charge in [0.25, 0.3) is 0 Å². The molecule has 0 radical (unpaired) electrons. The lowest BCUT2D eigenvalue weighted by Gasteiger charge is -2.13. The number of benzene rings is 3. The second-order valence-corrected chi connectivity index (χ2v) is 8.01. The van der Waals surface area contributed by atoms with E-state index >= 15 is 0 Å². The molecule has 0 atom stereocenters. The van der Waals surface area contributed by atoms with E-state index in [4.69, 9.17) is 21.1 Å². The van der Waals surface area contributed by atoms with Crippen LogP contribution in [0.15, 0.2) is 79.3 Å². The molecular formula is C27H24ClN3O2. The van der Waals surface area contributed by atoms with E-state index in [0.717, 1.165) is 38.7 Å².